The maximum absolute atomic E-state index is 3.76. The number of hydrogen-bond acceptors (Lipinski definition) is 0. The van der Waals surface area contributed by atoms with Gasteiger partial charge in [0.25, 0.3) is 0 Å². The Balaban J connectivity index is 0. The minimum atomic E-state index is 1.19. The van der Waals surface area contributed by atoms with Crippen LogP contribution in [-0.2, 0) is 0 Å². The molecule has 1 aromatic rings. The maximum Gasteiger partial charge on any atom is -0.0187 e. The highest BCUT2D eigenvalue weighted by Gasteiger charge is 1.93. The van der Waals surface area contributed by atoms with Crippen molar-refractivity contribution in [3.05, 3.63) is 54.1 Å². The van der Waals surface area contributed by atoms with Crippen molar-refractivity contribution in [3.63, 3.8) is 0 Å². The molecule has 0 saturated carbocycles. The van der Waals surface area contributed by atoms with Crippen molar-refractivity contribution in [2.75, 3.05) is 0 Å². The Morgan fingerprint density at radius 3 is 1.75 bits per heavy atom. The van der Waals surface area contributed by atoms with Crippen LogP contribution in [-0.4, -0.2) is 0 Å². The van der Waals surface area contributed by atoms with Crippen LogP contribution in [0.4, 0.5) is 0 Å². The number of benzene rings is 1. The van der Waals surface area contributed by atoms with Crippen molar-refractivity contribution in [2.24, 2.45) is 0 Å². The van der Waals surface area contributed by atoms with Crippen LogP contribution in [0.5, 0.6) is 0 Å². The smallest absolute Gasteiger partial charge is 0.0187 e. The highest BCUT2D eigenvalue weighted by Crippen LogP contribution is 2.15. The molecule has 0 fully saturated rings. The molecule has 0 radical (unpaired) electrons. The minimum Gasteiger partial charge on any atom is -0.0985 e. The van der Waals surface area contributed by atoms with Crippen LogP contribution in [0.1, 0.15) is 45.7 Å². The first kappa shape index (κ1) is 17.1. The first-order valence-electron chi connectivity index (χ1n) is 6.13. The Bertz CT molecular complexity index is 288. The van der Waals surface area contributed by atoms with Gasteiger partial charge in [0.1, 0.15) is 0 Å². The third-order valence-electron chi connectivity index (χ3n) is 1.92. The predicted octanol–water partition coefficient (Wildman–Crippen LogP) is 5.64. The molecule has 90 valence electrons. The van der Waals surface area contributed by atoms with Gasteiger partial charge in [-0.15, -0.1) is 0 Å². The number of aryl methyl sites for hydroxylation is 1. The van der Waals surface area contributed by atoms with E-state index in [1.54, 1.807) is 0 Å². The Labute approximate surface area is 102 Å². The molecule has 0 atom stereocenters. The van der Waals surface area contributed by atoms with Crippen molar-refractivity contribution in [3.8, 4) is 0 Å². The van der Waals surface area contributed by atoms with Gasteiger partial charge in [0.15, 0.2) is 0 Å². The van der Waals surface area contributed by atoms with Crippen LogP contribution in [0.3, 0.4) is 0 Å². The van der Waals surface area contributed by atoms with Crippen LogP contribution in [0.25, 0.3) is 5.57 Å². The van der Waals surface area contributed by atoms with Crippen molar-refractivity contribution in [1.82, 2.24) is 0 Å². The molecule has 0 aliphatic rings. The summed E-state index contributed by atoms with van der Waals surface area (Å²) in [5.41, 5.74) is 3.71. The largest absolute Gasteiger partial charge is 0.0985 e. The normalized spacial score (nSPS) is 9.25. The summed E-state index contributed by atoms with van der Waals surface area (Å²) in [7, 11) is 0. The highest BCUT2D eigenvalue weighted by atomic mass is 14.0. The number of allylic oxidation sites excluding steroid dienone is 3. The molecule has 0 heteroatoms. The quantitative estimate of drug-likeness (QED) is 0.564. The van der Waals surface area contributed by atoms with E-state index in [4.69, 9.17) is 0 Å². The summed E-state index contributed by atoms with van der Waals surface area (Å²) in [4.78, 5) is 0. The SMILES string of the molecule is C=C/C(=C\C)c1ccc(C)cc1.CC.CC. The second-order valence-electron chi connectivity index (χ2n) is 2.81. The summed E-state index contributed by atoms with van der Waals surface area (Å²) in [6.45, 7) is 15.9. The first-order valence-corrected chi connectivity index (χ1v) is 6.13. The van der Waals surface area contributed by atoms with E-state index in [1.807, 2.05) is 40.7 Å². The van der Waals surface area contributed by atoms with E-state index in [2.05, 4.69) is 43.8 Å². The second kappa shape index (κ2) is 11.8. The molecule has 0 bridgehead atoms. The Morgan fingerprint density at radius 1 is 1.00 bits per heavy atom. The molecule has 0 aliphatic carbocycles. The number of hydrogen-bond donors (Lipinski definition) is 0. The van der Waals surface area contributed by atoms with Gasteiger partial charge < -0.3 is 0 Å². The summed E-state index contributed by atoms with van der Waals surface area (Å²) in [6, 6.07) is 8.46. The van der Waals surface area contributed by atoms with Gasteiger partial charge >= 0.3 is 0 Å². The molecule has 0 unspecified atom stereocenters. The van der Waals surface area contributed by atoms with Crippen LogP contribution < -0.4 is 0 Å². The topological polar surface area (TPSA) is 0 Å². The molecule has 0 aliphatic heterocycles. The second-order valence-corrected chi connectivity index (χ2v) is 2.81. The van der Waals surface area contributed by atoms with Crippen molar-refractivity contribution in [1.29, 1.82) is 0 Å². The molecule has 16 heavy (non-hydrogen) atoms. The Hall–Kier alpha value is -1.30. The summed E-state index contributed by atoms with van der Waals surface area (Å²) < 4.78 is 0. The molecular formula is C16H26. The molecule has 0 aromatic heterocycles. The first-order chi connectivity index (χ1) is 7.77. The zero-order valence-corrected chi connectivity index (χ0v) is 11.7. The van der Waals surface area contributed by atoms with Crippen LogP contribution in [0, 0.1) is 6.92 Å². The standard InChI is InChI=1S/C12H14.2C2H6/c1-4-11(5-2)12-8-6-10(3)7-9-12;2*1-2/h4-9H,1H2,2-3H3;2*1-2H3/b11-5+;;. The van der Waals surface area contributed by atoms with Gasteiger partial charge in [0.2, 0.25) is 0 Å². The summed E-state index contributed by atoms with van der Waals surface area (Å²) >= 11 is 0. The van der Waals surface area contributed by atoms with E-state index in [-0.39, 0.29) is 0 Å². The summed E-state index contributed by atoms with van der Waals surface area (Å²) in [5.74, 6) is 0. The molecule has 0 spiro atoms. The molecule has 0 heterocycles. The highest BCUT2D eigenvalue weighted by molar-refractivity contribution is 5.73. The van der Waals surface area contributed by atoms with Crippen molar-refractivity contribution >= 4 is 5.57 Å². The van der Waals surface area contributed by atoms with E-state index < -0.39 is 0 Å². The van der Waals surface area contributed by atoms with Crippen LogP contribution >= 0.6 is 0 Å². The van der Waals surface area contributed by atoms with Gasteiger partial charge in [-0.05, 0) is 25.0 Å². The third-order valence-corrected chi connectivity index (χ3v) is 1.92. The summed E-state index contributed by atoms with van der Waals surface area (Å²) in [6.07, 6.45) is 3.95. The lowest BCUT2D eigenvalue weighted by atomic mass is 10.0. The van der Waals surface area contributed by atoms with E-state index in [0.717, 1.165) is 0 Å². The molecule has 0 amide bonds. The maximum atomic E-state index is 3.76. The molecular weight excluding hydrogens is 192 g/mol. The average molecular weight is 218 g/mol. The van der Waals surface area contributed by atoms with Gasteiger partial charge in [-0.2, -0.15) is 0 Å². The monoisotopic (exact) mass is 218 g/mol. The van der Waals surface area contributed by atoms with Crippen LogP contribution in [0.2, 0.25) is 0 Å². The van der Waals surface area contributed by atoms with E-state index in [0.29, 0.717) is 0 Å². The fourth-order valence-corrected chi connectivity index (χ4v) is 1.15. The molecule has 0 nitrogen and oxygen atoms in total. The molecule has 1 rings (SSSR count). The van der Waals surface area contributed by atoms with E-state index >= 15 is 0 Å². The fourth-order valence-electron chi connectivity index (χ4n) is 1.15. The van der Waals surface area contributed by atoms with Gasteiger partial charge in [-0.25, -0.2) is 0 Å². The lowest BCUT2D eigenvalue weighted by Gasteiger charge is -2.01. The Morgan fingerprint density at radius 2 is 1.44 bits per heavy atom. The summed E-state index contributed by atoms with van der Waals surface area (Å²) in [5, 5.41) is 0. The molecule has 0 N–H and O–H groups in total. The predicted molar refractivity (Wildman–Crippen MR) is 77.7 cm³/mol. The minimum absolute atomic E-state index is 1.19. The average Bonchev–Trinajstić information content (AvgIpc) is 2.38. The third kappa shape index (κ3) is 6.23. The van der Waals surface area contributed by atoms with Crippen molar-refractivity contribution in [2.45, 2.75) is 41.5 Å². The molecule has 1 aromatic carbocycles. The van der Waals surface area contributed by atoms with Gasteiger partial charge in [0.05, 0.1) is 0 Å². The zero-order chi connectivity index (χ0) is 13.0. The lowest BCUT2D eigenvalue weighted by Crippen LogP contribution is -1.79. The van der Waals surface area contributed by atoms with E-state index in [1.165, 1.54) is 16.7 Å². The van der Waals surface area contributed by atoms with Gasteiger partial charge in [-0.1, -0.05) is 76.3 Å². The van der Waals surface area contributed by atoms with Crippen LogP contribution in [0.15, 0.2) is 43.0 Å². The molecule has 0 saturated heterocycles. The van der Waals surface area contributed by atoms with Gasteiger partial charge in [0, 0.05) is 0 Å². The van der Waals surface area contributed by atoms with Crippen molar-refractivity contribution < 1.29 is 0 Å². The zero-order valence-electron chi connectivity index (χ0n) is 11.7. The van der Waals surface area contributed by atoms with E-state index in [9.17, 15) is 0 Å². The van der Waals surface area contributed by atoms with Gasteiger partial charge in [-0.3, -0.25) is 0 Å². The number of rotatable bonds is 2. The lowest BCUT2D eigenvalue weighted by molar-refractivity contribution is 1.45. The Kier molecular flexibility index (Phi) is 12.6. The fraction of sp³-hybridized carbons (Fsp3) is 0.375.